The molecule has 0 bridgehead atoms. The number of carbonyl (C=O) groups is 2. The fourth-order valence-corrected chi connectivity index (χ4v) is 3.09. The van der Waals surface area contributed by atoms with Crippen LogP contribution in [-0.2, 0) is 16.1 Å². The van der Waals surface area contributed by atoms with Crippen LogP contribution < -0.4 is 15.4 Å². The molecule has 0 aromatic heterocycles. The lowest BCUT2D eigenvalue weighted by Gasteiger charge is -2.35. The zero-order valence-corrected chi connectivity index (χ0v) is 16.0. The molecule has 1 atom stereocenters. The number of aliphatic hydroxyl groups is 1. The van der Waals surface area contributed by atoms with E-state index in [1.54, 1.807) is 21.0 Å². The van der Waals surface area contributed by atoms with E-state index in [9.17, 15) is 14.7 Å². The van der Waals surface area contributed by atoms with Crippen molar-refractivity contribution in [1.82, 2.24) is 15.5 Å². The number of amides is 2. The number of piperazine rings is 1. The number of hydrogen-bond donors (Lipinski definition) is 3. The molecule has 0 spiro atoms. The van der Waals surface area contributed by atoms with Gasteiger partial charge in [-0.3, -0.25) is 14.5 Å². The molecular weight excluding hydrogens is 334 g/mol. The van der Waals surface area contributed by atoms with E-state index in [-0.39, 0.29) is 24.8 Å². The van der Waals surface area contributed by atoms with Crippen molar-refractivity contribution >= 4 is 11.8 Å². The normalized spacial score (nSPS) is 18.3. The SMILES string of the molecule is COc1ccc(CN2CCNC(=O)[C@@H]2CC(=O)NC(C)(C)CO)cc1C. The third-order valence-corrected chi connectivity index (χ3v) is 4.54. The molecule has 1 aromatic carbocycles. The van der Waals surface area contributed by atoms with Gasteiger partial charge in [-0.25, -0.2) is 0 Å². The summed E-state index contributed by atoms with van der Waals surface area (Å²) in [6.07, 6.45) is 0.0599. The minimum Gasteiger partial charge on any atom is -0.496 e. The molecule has 2 amide bonds. The van der Waals surface area contributed by atoms with Crippen LogP contribution in [-0.4, -0.2) is 60.2 Å². The summed E-state index contributed by atoms with van der Waals surface area (Å²) >= 11 is 0. The Kier molecular flexibility index (Phi) is 6.61. The third-order valence-electron chi connectivity index (χ3n) is 4.54. The number of carbonyl (C=O) groups excluding carboxylic acids is 2. The summed E-state index contributed by atoms with van der Waals surface area (Å²) in [4.78, 5) is 26.7. The third kappa shape index (κ3) is 5.19. The zero-order chi connectivity index (χ0) is 19.3. The van der Waals surface area contributed by atoms with Gasteiger partial charge in [-0.1, -0.05) is 12.1 Å². The molecule has 0 unspecified atom stereocenters. The van der Waals surface area contributed by atoms with Gasteiger partial charge in [0.05, 0.1) is 31.7 Å². The number of nitrogens with one attached hydrogen (secondary N) is 2. The van der Waals surface area contributed by atoms with E-state index in [4.69, 9.17) is 4.74 Å². The molecule has 2 rings (SSSR count). The number of ether oxygens (including phenoxy) is 1. The summed E-state index contributed by atoms with van der Waals surface area (Å²) in [5, 5.41) is 14.9. The predicted octanol–water partition coefficient (Wildman–Crippen LogP) is 0.581. The Labute approximate surface area is 154 Å². The van der Waals surface area contributed by atoms with Crippen molar-refractivity contribution in [3.8, 4) is 5.75 Å². The molecule has 26 heavy (non-hydrogen) atoms. The van der Waals surface area contributed by atoms with Crippen molar-refractivity contribution in [1.29, 1.82) is 0 Å². The van der Waals surface area contributed by atoms with Crippen LogP contribution in [0.4, 0.5) is 0 Å². The second-order valence-corrected chi connectivity index (χ2v) is 7.38. The molecule has 1 fully saturated rings. The highest BCUT2D eigenvalue weighted by atomic mass is 16.5. The molecule has 1 aromatic rings. The minimum atomic E-state index is -0.708. The Morgan fingerprint density at radius 1 is 1.46 bits per heavy atom. The van der Waals surface area contributed by atoms with Crippen LogP contribution in [0.15, 0.2) is 18.2 Å². The lowest BCUT2D eigenvalue weighted by Crippen LogP contribution is -2.57. The molecule has 7 heteroatoms. The molecule has 1 saturated heterocycles. The van der Waals surface area contributed by atoms with E-state index < -0.39 is 11.6 Å². The number of nitrogens with zero attached hydrogens (tertiary/aromatic N) is 1. The Bertz CT molecular complexity index is 660. The average molecular weight is 363 g/mol. The molecule has 0 saturated carbocycles. The summed E-state index contributed by atoms with van der Waals surface area (Å²) in [6, 6.07) is 5.41. The quantitative estimate of drug-likeness (QED) is 0.659. The summed E-state index contributed by atoms with van der Waals surface area (Å²) < 4.78 is 5.29. The molecule has 3 N–H and O–H groups in total. The number of aliphatic hydroxyl groups excluding tert-OH is 1. The Balaban J connectivity index is 2.09. The van der Waals surface area contributed by atoms with Crippen molar-refractivity contribution in [2.45, 2.75) is 45.3 Å². The highest BCUT2D eigenvalue weighted by molar-refractivity contribution is 5.89. The molecule has 144 valence electrons. The predicted molar refractivity (Wildman–Crippen MR) is 98.9 cm³/mol. The first-order valence-electron chi connectivity index (χ1n) is 8.83. The monoisotopic (exact) mass is 363 g/mol. The molecule has 1 heterocycles. The molecule has 1 aliphatic rings. The van der Waals surface area contributed by atoms with Gasteiger partial charge in [0.25, 0.3) is 0 Å². The topological polar surface area (TPSA) is 90.9 Å². The van der Waals surface area contributed by atoms with E-state index in [2.05, 4.69) is 10.6 Å². The fraction of sp³-hybridized carbons (Fsp3) is 0.579. The van der Waals surface area contributed by atoms with Crippen LogP contribution in [0.25, 0.3) is 0 Å². The second kappa shape index (κ2) is 8.51. The van der Waals surface area contributed by atoms with E-state index in [0.29, 0.717) is 19.6 Å². The number of hydrogen-bond acceptors (Lipinski definition) is 5. The van der Waals surface area contributed by atoms with Gasteiger partial charge in [-0.05, 0) is 38.0 Å². The maximum absolute atomic E-state index is 12.3. The lowest BCUT2D eigenvalue weighted by molar-refractivity contribution is -0.135. The molecule has 0 aliphatic carbocycles. The smallest absolute Gasteiger partial charge is 0.237 e. The van der Waals surface area contributed by atoms with Gasteiger partial charge in [-0.15, -0.1) is 0 Å². The molecule has 1 aliphatic heterocycles. The Hall–Kier alpha value is -2.12. The van der Waals surface area contributed by atoms with Crippen LogP contribution in [0, 0.1) is 6.92 Å². The number of benzene rings is 1. The van der Waals surface area contributed by atoms with Gasteiger partial charge >= 0.3 is 0 Å². The zero-order valence-electron chi connectivity index (χ0n) is 16.0. The van der Waals surface area contributed by atoms with Gasteiger partial charge in [0.2, 0.25) is 11.8 Å². The fourth-order valence-electron chi connectivity index (χ4n) is 3.09. The van der Waals surface area contributed by atoms with Crippen molar-refractivity contribution < 1.29 is 19.4 Å². The van der Waals surface area contributed by atoms with Crippen molar-refractivity contribution in [2.75, 3.05) is 26.8 Å². The van der Waals surface area contributed by atoms with Crippen molar-refractivity contribution in [3.63, 3.8) is 0 Å². The van der Waals surface area contributed by atoms with Crippen LogP contribution in [0.5, 0.6) is 5.75 Å². The van der Waals surface area contributed by atoms with Gasteiger partial charge < -0.3 is 20.5 Å². The van der Waals surface area contributed by atoms with Gasteiger partial charge in [-0.2, -0.15) is 0 Å². The molecular formula is C19H29N3O4. The van der Waals surface area contributed by atoms with E-state index in [0.717, 1.165) is 16.9 Å². The van der Waals surface area contributed by atoms with Crippen molar-refractivity contribution in [2.24, 2.45) is 0 Å². The Morgan fingerprint density at radius 3 is 2.81 bits per heavy atom. The minimum absolute atomic E-state index is 0.0599. The van der Waals surface area contributed by atoms with E-state index in [1.165, 1.54) is 0 Å². The lowest BCUT2D eigenvalue weighted by atomic mass is 10.0. The summed E-state index contributed by atoms with van der Waals surface area (Å²) in [7, 11) is 1.64. The standard InChI is InChI=1S/C19H29N3O4/c1-13-9-14(5-6-16(13)26-4)11-22-8-7-20-18(25)15(22)10-17(24)21-19(2,3)12-23/h5-6,9,15,23H,7-8,10-12H2,1-4H3,(H,20,25)(H,21,24)/t15-/m0/s1. The Morgan fingerprint density at radius 2 is 2.19 bits per heavy atom. The summed E-state index contributed by atoms with van der Waals surface area (Å²) in [5.41, 5.74) is 1.39. The first-order valence-corrected chi connectivity index (χ1v) is 8.83. The van der Waals surface area contributed by atoms with Crippen LogP contribution in [0.3, 0.4) is 0 Å². The van der Waals surface area contributed by atoms with Crippen LogP contribution in [0.2, 0.25) is 0 Å². The largest absolute Gasteiger partial charge is 0.496 e. The number of rotatable bonds is 7. The molecule has 0 radical (unpaired) electrons. The van der Waals surface area contributed by atoms with Gasteiger partial charge in [0.1, 0.15) is 5.75 Å². The van der Waals surface area contributed by atoms with E-state index >= 15 is 0 Å². The highest BCUT2D eigenvalue weighted by Gasteiger charge is 2.32. The van der Waals surface area contributed by atoms with Crippen molar-refractivity contribution in [3.05, 3.63) is 29.3 Å². The van der Waals surface area contributed by atoms with E-state index in [1.807, 2.05) is 30.0 Å². The maximum Gasteiger partial charge on any atom is 0.237 e. The average Bonchev–Trinajstić information content (AvgIpc) is 2.58. The van der Waals surface area contributed by atoms with Gasteiger partial charge in [0, 0.05) is 19.6 Å². The second-order valence-electron chi connectivity index (χ2n) is 7.38. The first kappa shape index (κ1) is 20.2. The summed E-state index contributed by atoms with van der Waals surface area (Å²) in [5.74, 6) is 0.438. The first-order chi connectivity index (χ1) is 12.3. The molecule has 7 nitrogen and oxygen atoms in total. The highest BCUT2D eigenvalue weighted by Crippen LogP contribution is 2.21. The van der Waals surface area contributed by atoms with Crippen LogP contribution >= 0.6 is 0 Å². The van der Waals surface area contributed by atoms with Gasteiger partial charge in [0.15, 0.2) is 0 Å². The maximum atomic E-state index is 12.3. The van der Waals surface area contributed by atoms with Crippen LogP contribution in [0.1, 0.15) is 31.4 Å². The number of methoxy groups -OCH3 is 1. The number of aryl methyl sites for hydroxylation is 1. The summed E-state index contributed by atoms with van der Waals surface area (Å²) in [6.45, 7) is 7.12.